The van der Waals surface area contributed by atoms with E-state index in [-0.39, 0.29) is 5.78 Å². The summed E-state index contributed by atoms with van der Waals surface area (Å²) in [5.41, 5.74) is 0.413. The molecule has 1 rings (SSSR count). The first-order valence-electron chi connectivity index (χ1n) is 4.31. The smallest absolute Gasteiger partial charge is 0.180 e. The molecule has 0 aliphatic rings. The van der Waals surface area contributed by atoms with E-state index in [0.29, 0.717) is 5.56 Å². The molecular formula is C10H11BrO3S. The second-order valence-electron chi connectivity index (χ2n) is 3.34. The van der Waals surface area contributed by atoms with Gasteiger partial charge in [0.15, 0.2) is 15.6 Å². The summed E-state index contributed by atoms with van der Waals surface area (Å²) in [6, 6.07) is 6.63. The predicted molar refractivity (Wildman–Crippen MR) is 62.8 cm³/mol. The molecule has 0 saturated carbocycles. The highest BCUT2D eigenvalue weighted by Crippen LogP contribution is 2.14. The quantitative estimate of drug-likeness (QED) is 0.801. The number of rotatable bonds is 3. The van der Waals surface area contributed by atoms with E-state index < -0.39 is 15.1 Å². The number of halogens is 1. The summed E-state index contributed by atoms with van der Waals surface area (Å²) < 4.78 is 23.2. The van der Waals surface area contributed by atoms with Crippen molar-refractivity contribution in [3.8, 4) is 0 Å². The van der Waals surface area contributed by atoms with Gasteiger partial charge in [-0.2, -0.15) is 0 Å². The standard InChI is InChI=1S/C10H11BrO3S/c1-7(15(2,13)14)10(12)8-3-5-9(11)6-4-8/h3-7H,1-2H3/t7-/m0/s1. The van der Waals surface area contributed by atoms with Crippen LogP contribution in [0, 0.1) is 0 Å². The molecule has 0 fully saturated rings. The van der Waals surface area contributed by atoms with Crippen molar-refractivity contribution in [3.63, 3.8) is 0 Å². The van der Waals surface area contributed by atoms with Crippen molar-refractivity contribution in [1.29, 1.82) is 0 Å². The van der Waals surface area contributed by atoms with Crippen LogP contribution in [0.15, 0.2) is 28.7 Å². The van der Waals surface area contributed by atoms with Crippen LogP contribution in [-0.2, 0) is 9.84 Å². The van der Waals surface area contributed by atoms with Gasteiger partial charge in [0, 0.05) is 16.3 Å². The molecule has 1 aromatic carbocycles. The lowest BCUT2D eigenvalue weighted by atomic mass is 10.1. The normalized spacial score (nSPS) is 13.5. The van der Waals surface area contributed by atoms with Crippen molar-refractivity contribution in [2.75, 3.05) is 6.26 Å². The highest BCUT2D eigenvalue weighted by Gasteiger charge is 2.24. The lowest BCUT2D eigenvalue weighted by Crippen LogP contribution is -2.26. The van der Waals surface area contributed by atoms with E-state index in [0.717, 1.165) is 10.7 Å². The van der Waals surface area contributed by atoms with Crippen molar-refractivity contribution in [2.24, 2.45) is 0 Å². The third-order valence-corrected chi connectivity index (χ3v) is 4.17. The molecule has 0 saturated heterocycles. The maximum Gasteiger partial charge on any atom is 0.180 e. The minimum Gasteiger partial charge on any atom is -0.293 e. The molecular weight excluding hydrogens is 280 g/mol. The fraction of sp³-hybridized carbons (Fsp3) is 0.300. The van der Waals surface area contributed by atoms with Crippen LogP contribution in [0.25, 0.3) is 0 Å². The Labute approximate surface area is 97.5 Å². The summed E-state index contributed by atoms with van der Waals surface area (Å²) in [5.74, 6) is -0.370. The summed E-state index contributed by atoms with van der Waals surface area (Å²) in [4.78, 5) is 11.7. The molecule has 3 nitrogen and oxygen atoms in total. The highest BCUT2D eigenvalue weighted by molar-refractivity contribution is 9.10. The van der Waals surface area contributed by atoms with Crippen LogP contribution in [0.2, 0.25) is 0 Å². The second-order valence-corrected chi connectivity index (χ2v) is 6.62. The first kappa shape index (κ1) is 12.4. The first-order chi connectivity index (χ1) is 6.82. The number of ketones is 1. The fourth-order valence-electron chi connectivity index (χ4n) is 1.04. The maximum absolute atomic E-state index is 11.7. The Morgan fingerprint density at radius 3 is 2.13 bits per heavy atom. The van der Waals surface area contributed by atoms with Crippen LogP contribution < -0.4 is 0 Å². The van der Waals surface area contributed by atoms with Gasteiger partial charge < -0.3 is 0 Å². The predicted octanol–water partition coefficient (Wildman–Crippen LogP) is 2.06. The van der Waals surface area contributed by atoms with Gasteiger partial charge >= 0.3 is 0 Å². The van der Waals surface area contributed by atoms with Gasteiger partial charge in [-0.25, -0.2) is 8.42 Å². The molecule has 0 aromatic heterocycles. The molecule has 0 radical (unpaired) electrons. The van der Waals surface area contributed by atoms with Crippen molar-refractivity contribution in [3.05, 3.63) is 34.3 Å². The molecule has 1 atom stereocenters. The second kappa shape index (κ2) is 4.45. The van der Waals surface area contributed by atoms with E-state index in [4.69, 9.17) is 0 Å². The Morgan fingerprint density at radius 2 is 1.73 bits per heavy atom. The van der Waals surface area contributed by atoms with Crippen LogP contribution in [0.4, 0.5) is 0 Å². The zero-order valence-electron chi connectivity index (χ0n) is 8.40. The molecule has 0 aliphatic carbocycles. The number of Topliss-reactive ketones (excluding diaryl/α,β-unsaturated/α-hetero) is 1. The molecule has 0 N–H and O–H groups in total. The fourth-order valence-corrected chi connectivity index (χ4v) is 1.83. The van der Waals surface area contributed by atoms with Crippen molar-refractivity contribution in [1.82, 2.24) is 0 Å². The van der Waals surface area contributed by atoms with E-state index in [1.807, 2.05) is 0 Å². The van der Waals surface area contributed by atoms with Crippen molar-refractivity contribution < 1.29 is 13.2 Å². The van der Waals surface area contributed by atoms with E-state index in [2.05, 4.69) is 15.9 Å². The Hall–Kier alpha value is -0.680. The molecule has 0 spiro atoms. The Balaban J connectivity index is 3.01. The van der Waals surface area contributed by atoms with Crippen LogP contribution in [0.3, 0.4) is 0 Å². The maximum atomic E-state index is 11.7. The van der Waals surface area contributed by atoms with Gasteiger partial charge in [-0.15, -0.1) is 0 Å². The molecule has 0 amide bonds. The average Bonchev–Trinajstić information content (AvgIpc) is 2.15. The lowest BCUT2D eigenvalue weighted by molar-refractivity contribution is 0.0991. The number of carbonyl (C=O) groups is 1. The summed E-state index contributed by atoms with van der Waals surface area (Å²) in [6.07, 6.45) is 1.06. The van der Waals surface area contributed by atoms with Crippen LogP contribution >= 0.6 is 15.9 Å². The summed E-state index contributed by atoms with van der Waals surface area (Å²) in [6.45, 7) is 1.40. The van der Waals surface area contributed by atoms with Gasteiger partial charge in [0.1, 0.15) is 5.25 Å². The molecule has 15 heavy (non-hydrogen) atoms. The third-order valence-electron chi connectivity index (χ3n) is 2.14. The van der Waals surface area contributed by atoms with Crippen LogP contribution in [-0.4, -0.2) is 25.7 Å². The number of hydrogen-bond acceptors (Lipinski definition) is 3. The third kappa shape index (κ3) is 3.14. The summed E-state index contributed by atoms with van der Waals surface area (Å²) in [5, 5.41) is -0.987. The molecule has 0 bridgehead atoms. The molecule has 82 valence electrons. The van der Waals surface area contributed by atoms with Gasteiger partial charge in [-0.05, 0) is 19.1 Å². The minimum atomic E-state index is -3.32. The summed E-state index contributed by atoms with van der Waals surface area (Å²) >= 11 is 3.24. The van der Waals surface area contributed by atoms with E-state index in [1.165, 1.54) is 6.92 Å². The van der Waals surface area contributed by atoms with Gasteiger partial charge in [-0.3, -0.25) is 4.79 Å². The zero-order valence-corrected chi connectivity index (χ0v) is 10.8. The SMILES string of the molecule is C[C@@H](C(=O)c1ccc(Br)cc1)S(C)(=O)=O. The topological polar surface area (TPSA) is 51.2 Å². The Kier molecular flexibility index (Phi) is 3.67. The minimum absolute atomic E-state index is 0.370. The molecule has 0 heterocycles. The van der Waals surface area contributed by atoms with Crippen molar-refractivity contribution in [2.45, 2.75) is 12.2 Å². The van der Waals surface area contributed by atoms with E-state index >= 15 is 0 Å². The highest BCUT2D eigenvalue weighted by atomic mass is 79.9. The van der Waals surface area contributed by atoms with Crippen LogP contribution in [0.1, 0.15) is 17.3 Å². The van der Waals surface area contributed by atoms with Crippen LogP contribution in [0.5, 0.6) is 0 Å². The van der Waals surface area contributed by atoms with E-state index in [9.17, 15) is 13.2 Å². The van der Waals surface area contributed by atoms with E-state index in [1.54, 1.807) is 24.3 Å². The number of carbonyl (C=O) groups excluding carboxylic acids is 1. The zero-order chi connectivity index (χ0) is 11.6. The number of hydrogen-bond donors (Lipinski definition) is 0. The molecule has 0 aliphatic heterocycles. The van der Waals surface area contributed by atoms with Crippen molar-refractivity contribution >= 4 is 31.6 Å². The molecule has 1 aromatic rings. The lowest BCUT2D eigenvalue weighted by Gasteiger charge is -2.07. The molecule has 5 heteroatoms. The largest absolute Gasteiger partial charge is 0.293 e. The molecule has 0 unspecified atom stereocenters. The summed E-state index contributed by atoms with van der Waals surface area (Å²) in [7, 11) is -3.32. The Morgan fingerprint density at radius 1 is 1.27 bits per heavy atom. The monoisotopic (exact) mass is 290 g/mol. The van der Waals surface area contributed by atoms with Gasteiger partial charge in [-0.1, -0.05) is 28.1 Å². The van der Waals surface area contributed by atoms with Gasteiger partial charge in [0.25, 0.3) is 0 Å². The number of benzene rings is 1. The Bertz CT molecular complexity index is 462. The van der Waals surface area contributed by atoms with Gasteiger partial charge in [0.2, 0.25) is 0 Å². The van der Waals surface area contributed by atoms with Gasteiger partial charge in [0.05, 0.1) is 0 Å². The average molecular weight is 291 g/mol. The number of sulfone groups is 1. The first-order valence-corrected chi connectivity index (χ1v) is 7.06.